The summed E-state index contributed by atoms with van der Waals surface area (Å²) in [6.45, 7) is 3.75. The molecule has 0 radical (unpaired) electrons. The van der Waals surface area contributed by atoms with Gasteiger partial charge in [-0.3, -0.25) is 9.78 Å². The average molecular weight is 358 g/mol. The fraction of sp³-hybridized carbons (Fsp3) is 0.150. The van der Waals surface area contributed by atoms with E-state index in [1.807, 2.05) is 61.5 Å². The number of aryl methyl sites for hydroxylation is 1. The fourth-order valence-electron chi connectivity index (χ4n) is 2.76. The van der Waals surface area contributed by atoms with Crippen molar-refractivity contribution in [2.45, 2.75) is 19.9 Å². The fourth-order valence-corrected chi connectivity index (χ4v) is 2.76. The van der Waals surface area contributed by atoms with Gasteiger partial charge in [0.05, 0.1) is 11.2 Å². The van der Waals surface area contributed by atoms with E-state index in [0.717, 1.165) is 22.0 Å². The number of anilines is 1. The van der Waals surface area contributed by atoms with E-state index in [0.29, 0.717) is 11.5 Å². The minimum atomic E-state index is -0.608. The Morgan fingerprint density at radius 1 is 1.07 bits per heavy atom. The SMILES string of the molecule is Cc1ccc(-c2nnn([C@H](C)C(=O)Nc3cccc4ncccc34)n2)cc1. The molecule has 2 heterocycles. The van der Waals surface area contributed by atoms with Gasteiger partial charge in [0.25, 0.3) is 5.91 Å². The van der Waals surface area contributed by atoms with Crippen molar-refractivity contribution < 1.29 is 4.79 Å². The van der Waals surface area contributed by atoms with E-state index in [2.05, 4.69) is 25.7 Å². The van der Waals surface area contributed by atoms with Crippen LogP contribution in [0.15, 0.2) is 60.8 Å². The Bertz CT molecular complexity index is 1100. The zero-order valence-electron chi connectivity index (χ0n) is 15.0. The maximum Gasteiger partial charge on any atom is 0.250 e. The zero-order valence-corrected chi connectivity index (χ0v) is 15.0. The normalized spacial score (nSPS) is 12.1. The van der Waals surface area contributed by atoms with Gasteiger partial charge in [0.2, 0.25) is 5.82 Å². The number of nitrogens with zero attached hydrogens (tertiary/aromatic N) is 5. The number of nitrogens with one attached hydrogen (secondary N) is 1. The minimum absolute atomic E-state index is 0.223. The summed E-state index contributed by atoms with van der Waals surface area (Å²) in [5, 5.41) is 16.3. The molecule has 0 aliphatic rings. The lowest BCUT2D eigenvalue weighted by Crippen LogP contribution is -2.25. The first kappa shape index (κ1) is 16.8. The van der Waals surface area contributed by atoms with E-state index >= 15 is 0 Å². The van der Waals surface area contributed by atoms with Crippen LogP contribution >= 0.6 is 0 Å². The molecule has 0 unspecified atom stereocenters. The molecule has 2 aromatic heterocycles. The van der Waals surface area contributed by atoms with Crippen molar-refractivity contribution in [1.29, 1.82) is 0 Å². The highest BCUT2D eigenvalue weighted by Gasteiger charge is 2.19. The van der Waals surface area contributed by atoms with Crippen LogP contribution in [0.3, 0.4) is 0 Å². The first-order valence-corrected chi connectivity index (χ1v) is 8.63. The summed E-state index contributed by atoms with van der Waals surface area (Å²) in [7, 11) is 0. The number of hydrogen-bond acceptors (Lipinski definition) is 5. The number of rotatable bonds is 4. The lowest BCUT2D eigenvalue weighted by Gasteiger charge is -2.12. The highest BCUT2D eigenvalue weighted by molar-refractivity contribution is 6.02. The highest BCUT2D eigenvalue weighted by Crippen LogP contribution is 2.22. The lowest BCUT2D eigenvalue weighted by atomic mass is 10.1. The molecule has 1 amide bonds. The summed E-state index contributed by atoms with van der Waals surface area (Å²) in [4.78, 5) is 18.3. The van der Waals surface area contributed by atoms with Crippen LogP contribution < -0.4 is 5.32 Å². The van der Waals surface area contributed by atoms with Crippen molar-refractivity contribution >= 4 is 22.5 Å². The first-order valence-electron chi connectivity index (χ1n) is 8.63. The number of carbonyl (C=O) groups is 1. The standard InChI is InChI=1S/C20H18N6O/c1-13-8-10-15(11-9-13)19-23-25-26(24-19)14(2)20(27)22-18-7-3-6-17-16(18)5-4-12-21-17/h3-12,14H,1-2H3,(H,22,27)/t14-/m1/s1. The molecule has 0 aliphatic heterocycles. The van der Waals surface area contributed by atoms with Crippen molar-refractivity contribution in [2.75, 3.05) is 5.32 Å². The lowest BCUT2D eigenvalue weighted by molar-refractivity contribution is -0.119. The van der Waals surface area contributed by atoms with Crippen molar-refractivity contribution in [2.24, 2.45) is 0 Å². The summed E-state index contributed by atoms with van der Waals surface area (Å²) in [6.07, 6.45) is 1.72. The van der Waals surface area contributed by atoms with Crippen LogP contribution in [0.5, 0.6) is 0 Å². The number of aromatic nitrogens is 5. The number of pyridine rings is 1. The predicted octanol–water partition coefficient (Wildman–Crippen LogP) is 3.40. The van der Waals surface area contributed by atoms with E-state index in [4.69, 9.17) is 0 Å². The van der Waals surface area contributed by atoms with Crippen LogP contribution in [0.4, 0.5) is 5.69 Å². The number of benzene rings is 2. The quantitative estimate of drug-likeness (QED) is 0.604. The molecule has 0 saturated carbocycles. The molecule has 0 bridgehead atoms. The molecular weight excluding hydrogens is 340 g/mol. The molecule has 7 nitrogen and oxygen atoms in total. The van der Waals surface area contributed by atoms with Crippen LogP contribution in [0.2, 0.25) is 0 Å². The molecule has 27 heavy (non-hydrogen) atoms. The third-order valence-electron chi connectivity index (χ3n) is 4.37. The topological polar surface area (TPSA) is 85.6 Å². The second kappa shape index (κ2) is 6.95. The minimum Gasteiger partial charge on any atom is -0.324 e. The van der Waals surface area contributed by atoms with Crippen LogP contribution in [0.25, 0.3) is 22.3 Å². The molecular formula is C20H18N6O. The zero-order chi connectivity index (χ0) is 18.8. The van der Waals surface area contributed by atoms with E-state index in [1.54, 1.807) is 13.1 Å². The number of amides is 1. The van der Waals surface area contributed by atoms with E-state index < -0.39 is 6.04 Å². The third kappa shape index (κ3) is 3.39. The number of carbonyl (C=O) groups excluding carboxylic acids is 1. The van der Waals surface area contributed by atoms with Crippen molar-refractivity contribution in [3.63, 3.8) is 0 Å². The summed E-state index contributed by atoms with van der Waals surface area (Å²) in [5.74, 6) is 0.267. The van der Waals surface area contributed by atoms with Crippen molar-refractivity contribution in [3.05, 3.63) is 66.4 Å². The summed E-state index contributed by atoms with van der Waals surface area (Å²) < 4.78 is 0. The average Bonchev–Trinajstić information content (AvgIpc) is 3.18. The van der Waals surface area contributed by atoms with Gasteiger partial charge in [-0.2, -0.15) is 4.80 Å². The largest absolute Gasteiger partial charge is 0.324 e. The van der Waals surface area contributed by atoms with Gasteiger partial charge in [-0.05, 0) is 43.3 Å². The van der Waals surface area contributed by atoms with Gasteiger partial charge in [0.1, 0.15) is 6.04 Å². The van der Waals surface area contributed by atoms with Gasteiger partial charge in [-0.1, -0.05) is 35.9 Å². The number of tetrazole rings is 1. The summed E-state index contributed by atoms with van der Waals surface area (Å²) in [5.41, 5.74) is 3.54. The second-order valence-corrected chi connectivity index (χ2v) is 6.34. The van der Waals surface area contributed by atoms with Gasteiger partial charge in [-0.25, -0.2) is 0 Å². The molecule has 7 heteroatoms. The van der Waals surface area contributed by atoms with Crippen LogP contribution in [-0.4, -0.2) is 31.1 Å². The van der Waals surface area contributed by atoms with Crippen molar-refractivity contribution in [1.82, 2.24) is 25.2 Å². The smallest absolute Gasteiger partial charge is 0.250 e. The number of fused-ring (bicyclic) bond motifs is 1. The molecule has 0 spiro atoms. The van der Waals surface area contributed by atoms with E-state index in [1.165, 1.54) is 4.80 Å². The van der Waals surface area contributed by atoms with E-state index in [-0.39, 0.29) is 5.91 Å². The maximum atomic E-state index is 12.7. The Hall–Kier alpha value is -3.61. The van der Waals surface area contributed by atoms with Crippen LogP contribution in [-0.2, 0) is 4.79 Å². The highest BCUT2D eigenvalue weighted by atomic mass is 16.2. The molecule has 2 aromatic carbocycles. The third-order valence-corrected chi connectivity index (χ3v) is 4.37. The van der Waals surface area contributed by atoms with Crippen LogP contribution in [0.1, 0.15) is 18.5 Å². The van der Waals surface area contributed by atoms with Gasteiger partial charge in [0, 0.05) is 17.1 Å². The van der Waals surface area contributed by atoms with E-state index in [9.17, 15) is 4.79 Å². The molecule has 0 fully saturated rings. The monoisotopic (exact) mass is 358 g/mol. The van der Waals surface area contributed by atoms with Crippen LogP contribution in [0, 0.1) is 6.92 Å². The maximum absolute atomic E-state index is 12.7. The molecule has 0 saturated heterocycles. The van der Waals surface area contributed by atoms with Gasteiger partial charge >= 0.3 is 0 Å². The Balaban J connectivity index is 1.55. The summed E-state index contributed by atoms with van der Waals surface area (Å²) >= 11 is 0. The van der Waals surface area contributed by atoms with Crippen molar-refractivity contribution in [3.8, 4) is 11.4 Å². The molecule has 4 rings (SSSR count). The Labute approximate surface area is 156 Å². The van der Waals surface area contributed by atoms with Gasteiger partial charge < -0.3 is 5.32 Å². The molecule has 4 aromatic rings. The Morgan fingerprint density at radius 2 is 1.89 bits per heavy atom. The summed E-state index contributed by atoms with van der Waals surface area (Å²) in [6, 6.07) is 16.6. The molecule has 1 atom stereocenters. The number of hydrogen-bond donors (Lipinski definition) is 1. The van der Waals surface area contributed by atoms with Gasteiger partial charge in [0.15, 0.2) is 0 Å². The molecule has 134 valence electrons. The first-order chi connectivity index (χ1) is 13.1. The Morgan fingerprint density at radius 3 is 2.70 bits per heavy atom. The second-order valence-electron chi connectivity index (χ2n) is 6.34. The Kier molecular flexibility index (Phi) is 4.33. The molecule has 1 N–H and O–H groups in total. The predicted molar refractivity (Wildman–Crippen MR) is 103 cm³/mol. The molecule has 0 aliphatic carbocycles. The van der Waals surface area contributed by atoms with Gasteiger partial charge in [-0.15, -0.1) is 10.2 Å².